The number of hydrogen-bond acceptors (Lipinski definition) is 3. The number of carbonyl (C=O) groups excluding carboxylic acids is 1. The summed E-state index contributed by atoms with van der Waals surface area (Å²) in [5.74, 6) is 1.12. The number of carbonyl (C=O) groups is 1. The number of benzene rings is 2. The van der Waals surface area contributed by atoms with Crippen molar-refractivity contribution in [1.82, 2.24) is 4.90 Å². The number of likely N-dealkylation sites (tertiary alicyclic amines) is 1. The summed E-state index contributed by atoms with van der Waals surface area (Å²) in [4.78, 5) is 14.6. The molecule has 144 valence electrons. The number of anilines is 1. The summed E-state index contributed by atoms with van der Waals surface area (Å²) >= 11 is 0. The van der Waals surface area contributed by atoms with Gasteiger partial charge in [-0.3, -0.25) is 9.69 Å². The fourth-order valence-corrected chi connectivity index (χ4v) is 3.81. The van der Waals surface area contributed by atoms with E-state index in [2.05, 4.69) is 23.2 Å². The van der Waals surface area contributed by atoms with Gasteiger partial charge in [-0.1, -0.05) is 29.8 Å². The van der Waals surface area contributed by atoms with Crippen LogP contribution in [0.5, 0.6) is 5.75 Å². The van der Waals surface area contributed by atoms with Gasteiger partial charge in [0.05, 0.1) is 6.54 Å². The Labute approximate surface area is 162 Å². The van der Waals surface area contributed by atoms with E-state index in [4.69, 9.17) is 0 Å². The molecule has 0 radical (unpaired) electrons. The molecule has 1 saturated heterocycles. The largest absolute Gasteiger partial charge is 0.508 e. The fourth-order valence-electron chi connectivity index (χ4n) is 3.81. The molecule has 1 aliphatic rings. The first-order chi connectivity index (χ1) is 13.0. The molecule has 4 nitrogen and oxygen atoms in total. The van der Waals surface area contributed by atoms with Crippen LogP contribution >= 0.6 is 0 Å². The van der Waals surface area contributed by atoms with E-state index in [0.717, 1.165) is 49.5 Å². The molecule has 0 saturated carbocycles. The minimum Gasteiger partial charge on any atom is -0.508 e. The van der Waals surface area contributed by atoms with Gasteiger partial charge in [0.2, 0.25) is 5.91 Å². The summed E-state index contributed by atoms with van der Waals surface area (Å²) in [6.45, 7) is 6.53. The Hall–Kier alpha value is -2.33. The van der Waals surface area contributed by atoms with Gasteiger partial charge in [-0.25, -0.2) is 0 Å². The lowest BCUT2D eigenvalue weighted by atomic mass is 9.90. The van der Waals surface area contributed by atoms with Gasteiger partial charge in [0, 0.05) is 5.69 Å². The van der Waals surface area contributed by atoms with Gasteiger partial charge in [-0.05, 0) is 87.9 Å². The fraction of sp³-hybridized carbons (Fsp3) is 0.435. The highest BCUT2D eigenvalue weighted by Crippen LogP contribution is 2.23. The minimum absolute atomic E-state index is 0.0736. The van der Waals surface area contributed by atoms with Crippen molar-refractivity contribution >= 4 is 11.6 Å². The summed E-state index contributed by atoms with van der Waals surface area (Å²) < 4.78 is 0. The van der Waals surface area contributed by atoms with E-state index in [1.54, 1.807) is 12.1 Å². The second-order valence-electron chi connectivity index (χ2n) is 7.79. The van der Waals surface area contributed by atoms with Crippen LogP contribution in [0.3, 0.4) is 0 Å². The van der Waals surface area contributed by atoms with Gasteiger partial charge in [0.1, 0.15) is 5.75 Å². The molecule has 2 aromatic carbocycles. The SMILES string of the molecule is Cc1ccc(NC(=O)CN2CCC(CCc3ccc(O)cc3)CC2)c(C)c1. The van der Waals surface area contributed by atoms with Crippen LogP contribution in [0, 0.1) is 19.8 Å². The van der Waals surface area contributed by atoms with E-state index in [1.807, 2.05) is 31.2 Å². The molecule has 2 aromatic rings. The first-order valence-electron chi connectivity index (χ1n) is 9.87. The van der Waals surface area contributed by atoms with Crippen molar-refractivity contribution in [3.05, 3.63) is 59.2 Å². The smallest absolute Gasteiger partial charge is 0.238 e. The Balaban J connectivity index is 1.39. The highest BCUT2D eigenvalue weighted by Gasteiger charge is 2.21. The maximum Gasteiger partial charge on any atom is 0.238 e. The molecule has 3 rings (SSSR count). The third-order valence-electron chi connectivity index (χ3n) is 5.51. The Bertz CT molecular complexity index is 762. The third kappa shape index (κ3) is 5.83. The molecular weight excluding hydrogens is 336 g/mol. The zero-order chi connectivity index (χ0) is 19.2. The molecule has 0 bridgehead atoms. The summed E-state index contributed by atoms with van der Waals surface area (Å²) in [6, 6.07) is 13.6. The predicted molar refractivity (Wildman–Crippen MR) is 110 cm³/mol. The maximum atomic E-state index is 12.4. The normalized spacial score (nSPS) is 15.6. The molecule has 1 amide bonds. The first-order valence-corrected chi connectivity index (χ1v) is 9.87. The van der Waals surface area contributed by atoms with Crippen LogP contribution in [-0.2, 0) is 11.2 Å². The van der Waals surface area contributed by atoms with Gasteiger partial charge >= 0.3 is 0 Å². The monoisotopic (exact) mass is 366 g/mol. The highest BCUT2D eigenvalue weighted by molar-refractivity contribution is 5.93. The number of nitrogens with one attached hydrogen (secondary N) is 1. The number of piperidine rings is 1. The van der Waals surface area contributed by atoms with Crippen molar-refractivity contribution in [3.63, 3.8) is 0 Å². The van der Waals surface area contributed by atoms with E-state index in [0.29, 0.717) is 12.3 Å². The molecule has 0 atom stereocenters. The molecule has 0 aliphatic carbocycles. The molecule has 1 heterocycles. The van der Waals surface area contributed by atoms with Crippen molar-refractivity contribution in [2.45, 2.75) is 39.5 Å². The number of rotatable bonds is 6. The summed E-state index contributed by atoms with van der Waals surface area (Å²) in [5, 5.41) is 12.4. The predicted octanol–water partition coefficient (Wildman–Crippen LogP) is 4.29. The van der Waals surface area contributed by atoms with Crippen molar-refractivity contribution in [3.8, 4) is 5.75 Å². The van der Waals surface area contributed by atoms with Gasteiger partial charge in [-0.2, -0.15) is 0 Å². The van der Waals surface area contributed by atoms with Crippen molar-refractivity contribution in [2.75, 3.05) is 25.0 Å². The summed E-state index contributed by atoms with van der Waals surface area (Å²) in [6.07, 6.45) is 4.52. The second kappa shape index (κ2) is 9.05. The number of aryl methyl sites for hydroxylation is 3. The highest BCUT2D eigenvalue weighted by atomic mass is 16.3. The molecule has 2 N–H and O–H groups in total. The Kier molecular flexibility index (Phi) is 6.51. The lowest BCUT2D eigenvalue weighted by Crippen LogP contribution is -2.39. The van der Waals surface area contributed by atoms with Crippen LogP contribution in [0.2, 0.25) is 0 Å². The van der Waals surface area contributed by atoms with E-state index >= 15 is 0 Å². The zero-order valence-corrected chi connectivity index (χ0v) is 16.4. The molecule has 0 aromatic heterocycles. The molecule has 1 aliphatic heterocycles. The average molecular weight is 367 g/mol. The third-order valence-corrected chi connectivity index (χ3v) is 5.51. The van der Waals surface area contributed by atoms with Crippen molar-refractivity contribution in [1.29, 1.82) is 0 Å². The topological polar surface area (TPSA) is 52.6 Å². The van der Waals surface area contributed by atoms with Crippen molar-refractivity contribution < 1.29 is 9.90 Å². The van der Waals surface area contributed by atoms with Crippen LogP contribution in [0.15, 0.2) is 42.5 Å². The molecule has 4 heteroatoms. The number of hydrogen-bond donors (Lipinski definition) is 2. The van der Waals surface area contributed by atoms with Crippen LogP contribution in [-0.4, -0.2) is 35.5 Å². The minimum atomic E-state index is 0.0736. The number of nitrogens with zero attached hydrogens (tertiary/aromatic N) is 1. The van der Waals surface area contributed by atoms with Gasteiger partial charge in [0.25, 0.3) is 0 Å². The van der Waals surface area contributed by atoms with Crippen LogP contribution < -0.4 is 5.32 Å². The molecular formula is C23H30N2O2. The molecule has 0 unspecified atom stereocenters. The van der Waals surface area contributed by atoms with E-state index in [1.165, 1.54) is 17.5 Å². The first kappa shape index (κ1) is 19.4. The zero-order valence-electron chi connectivity index (χ0n) is 16.4. The van der Waals surface area contributed by atoms with E-state index in [9.17, 15) is 9.90 Å². The van der Waals surface area contributed by atoms with E-state index in [-0.39, 0.29) is 5.91 Å². The van der Waals surface area contributed by atoms with Crippen LogP contribution in [0.1, 0.15) is 36.0 Å². The lowest BCUT2D eigenvalue weighted by molar-refractivity contribution is -0.117. The number of phenolic OH excluding ortho intramolecular Hbond substituents is 1. The summed E-state index contributed by atoms with van der Waals surface area (Å²) in [5.41, 5.74) is 4.51. The van der Waals surface area contributed by atoms with E-state index < -0.39 is 0 Å². The molecule has 27 heavy (non-hydrogen) atoms. The van der Waals surface area contributed by atoms with Gasteiger partial charge in [0.15, 0.2) is 0 Å². The quantitative estimate of drug-likeness (QED) is 0.802. The maximum absolute atomic E-state index is 12.4. The van der Waals surface area contributed by atoms with Gasteiger partial charge in [-0.15, -0.1) is 0 Å². The Morgan fingerprint density at radius 2 is 1.81 bits per heavy atom. The van der Waals surface area contributed by atoms with Crippen LogP contribution in [0.25, 0.3) is 0 Å². The molecule has 1 fully saturated rings. The van der Waals surface area contributed by atoms with Gasteiger partial charge < -0.3 is 10.4 Å². The van der Waals surface area contributed by atoms with Crippen molar-refractivity contribution in [2.24, 2.45) is 5.92 Å². The van der Waals surface area contributed by atoms with Crippen LogP contribution in [0.4, 0.5) is 5.69 Å². The second-order valence-corrected chi connectivity index (χ2v) is 7.79. The standard InChI is InChI=1S/C23H30N2O2/c1-17-3-10-22(18(2)15-17)24-23(27)16-25-13-11-20(12-14-25)5-4-19-6-8-21(26)9-7-19/h3,6-10,15,20,26H,4-5,11-14,16H2,1-2H3,(H,24,27). The molecule has 0 spiro atoms. The summed E-state index contributed by atoms with van der Waals surface area (Å²) in [7, 11) is 0. The number of aromatic hydroxyl groups is 1. The number of amides is 1. The Morgan fingerprint density at radius 1 is 1.11 bits per heavy atom. The Morgan fingerprint density at radius 3 is 2.48 bits per heavy atom. The number of phenols is 1. The average Bonchev–Trinajstić information content (AvgIpc) is 2.65. The lowest BCUT2D eigenvalue weighted by Gasteiger charge is -2.31.